The Balaban J connectivity index is 1.68. The van der Waals surface area contributed by atoms with Crippen LogP contribution in [0.2, 0.25) is 0 Å². The van der Waals surface area contributed by atoms with Crippen LogP contribution in [0.25, 0.3) is 10.8 Å². The van der Waals surface area contributed by atoms with Crippen LogP contribution in [-0.2, 0) is 0 Å². The van der Waals surface area contributed by atoms with Gasteiger partial charge in [0, 0.05) is 12.4 Å². The number of hydrogen-bond donors (Lipinski definition) is 1. The third kappa shape index (κ3) is 3.68. The van der Waals surface area contributed by atoms with Crippen LogP contribution in [0.3, 0.4) is 0 Å². The van der Waals surface area contributed by atoms with Crippen molar-refractivity contribution in [2.75, 3.05) is 20.2 Å². The number of aromatic nitrogens is 1. The molecule has 0 atom stereocenters. The second kappa shape index (κ2) is 7.17. The van der Waals surface area contributed by atoms with Crippen LogP contribution >= 0.6 is 0 Å². The number of H-pyrrole nitrogens is 1. The fraction of sp³-hybridized carbons (Fsp3) is 0.158. The Labute approximate surface area is 143 Å². The molecular formula is C19H17FN2O3. The van der Waals surface area contributed by atoms with Gasteiger partial charge in [0.05, 0.1) is 6.54 Å². The molecule has 0 aliphatic heterocycles. The van der Waals surface area contributed by atoms with Crippen molar-refractivity contribution in [2.24, 2.45) is 0 Å². The summed E-state index contributed by atoms with van der Waals surface area (Å²) in [5, 5.41) is 1.23. The van der Waals surface area contributed by atoms with Crippen LogP contribution in [-0.4, -0.2) is 36.0 Å². The highest BCUT2D eigenvalue weighted by atomic mass is 19.1. The lowest BCUT2D eigenvalue weighted by molar-refractivity contribution is 0.0767. The van der Waals surface area contributed by atoms with Crippen molar-refractivity contribution in [3.05, 3.63) is 76.5 Å². The van der Waals surface area contributed by atoms with Gasteiger partial charge in [0.2, 0.25) is 0 Å². The van der Waals surface area contributed by atoms with E-state index < -0.39 is 5.82 Å². The summed E-state index contributed by atoms with van der Waals surface area (Å²) in [5.74, 6) is -0.641. The Kier molecular flexibility index (Phi) is 4.79. The van der Waals surface area contributed by atoms with Crippen LogP contribution in [0, 0.1) is 5.82 Å². The van der Waals surface area contributed by atoms with Gasteiger partial charge in [0.1, 0.15) is 12.3 Å². The molecule has 0 saturated carbocycles. The third-order valence-electron chi connectivity index (χ3n) is 3.85. The Morgan fingerprint density at radius 1 is 1.16 bits per heavy atom. The average molecular weight is 340 g/mol. The first kappa shape index (κ1) is 16.7. The van der Waals surface area contributed by atoms with E-state index in [2.05, 4.69) is 4.98 Å². The van der Waals surface area contributed by atoms with Gasteiger partial charge in [-0.2, -0.15) is 0 Å². The molecule has 0 aliphatic rings. The van der Waals surface area contributed by atoms with E-state index in [1.54, 1.807) is 43.4 Å². The van der Waals surface area contributed by atoms with E-state index in [1.807, 2.05) is 6.07 Å². The molecular weight excluding hydrogens is 323 g/mol. The van der Waals surface area contributed by atoms with E-state index in [9.17, 15) is 14.0 Å². The number of benzene rings is 2. The molecule has 0 aliphatic carbocycles. The van der Waals surface area contributed by atoms with Crippen molar-refractivity contribution in [3.8, 4) is 5.75 Å². The number of pyridine rings is 1. The Hall–Kier alpha value is -3.15. The minimum Gasteiger partial charge on any atom is -0.489 e. The Bertz CT molecular complexity index is 968. The quantitative estimate of drug-likeness (QED) is 0.777. The number of hydrogen-bond acceptors (Lipinski definition) is 3. The first-order valence-corrected chi connectivity index (χ1v) is 7.81. The van der Waals surface area contributed by atoms with Gasteiger partial charge in [-0.05, 0) is 29.7 Å². The lowest BCUT2D eigenvalue weighted by Crippen LogP contribution is -2.32. The second-order valence-electron chi connectivity index (χ2n) is 5.60. The number of para-hydroxylation sites is 1. The molecule has 0 bridgehead atoms. The first-order chi connectivity index (χ1) is 12.1. The lowest BCUT2D eigenvalue weighted by Gasteiger charge is -2.17. The van der Waals surface area contributed by atoms with Crippen molar-refractivity contribution in [3.63, 3.8) is 0 Å². The summed E-state index contributed by atoms with van der Waals surface area (Å²) >= 11 is 0. The maximum absolute atomic E-state index is 13.5. The highest BCUT2D eigenvalue weighted by Gasteiger charge is 2.14. The molecule has 3 rings (SSSR count). The molecule has 6 heteroatoms. The molecule has 1 N–H and O–H groups in total. The molecule has 25 heavy (non-hydrogen) atoms. The highest BCUT2D eigenvalue weighted by Crippen LogP contribution is 2.15. The van der Waals surface area contributed by atoms with E-state index >= 15 is 0 Å². The van der Waals surface area contributed by atoms with Crippen molar-refractivity contribution >= 4 is 16.7 Å². The summed E-state index contributed by atoms with van der Waals surface area (Å²) in [6.45, 7) is 0.392. The molecule has 5 nitrogen and oxygen atoms in total. The zero-order valence-corrected chi connectivity index (χ0v) is 13.7. The number of ether oxygens (including phenoxy) is 1. The number of halogens is 1. The van der Waals surface area contributed by atoms with Gasteiger partial charge >= 0.3 is 0 Å². The zero-order chi connectivity index (χ0) is 17.8. The largest absolute Gasteiger partial charge is 0.489 e. The number of carbonyl (C=O) groups is 1. The number of nitrogens with one attached hydrogen (secondary N) is 1. The predicted octanol–water partition coefficient (Wildman–Crippen LogP) is 2.82. The summed E-state index contributed by atoms with van der Waals surface area (Å²) in [4.78, 5) is 28.6. The molecule has 128 valence electrons. The van der Waals surface area contributed by atoms with Crippen LogP contribution in [0.4, 0.5) is 4.39 Å². The molecule has 1 amide bonds. The van der Waals surface area contributed by atoms with Gasteiger partial charge in [-0.15, -0.1) is 0 Å². The zero-order valence-electron chi connectivity index (χ0n) is 13.7. The number of likely N-dealkylation sites (N-methyl/N-ethyl adjacent to an activating group) is 1. The molecule has 0 spiro atoms. The number of carbonyl (C=O) groups excluding carboxylic acids is 1. The van der Waals surface area contributed by atoms with Crippen LogP contribution in [0.5, 0.6) is 5.75 Å². The normalized spacial score (nSPS) is 10.6. The van der Waals surface area contributed by atoms with Gasteiger partial charge in [-0.25, -0.2) is 4.39 Å². The van der Waals surface area contributed by atoms with Crippen LogP contribution in [0.1, 0.15) is 10.5 Å². The predicted molar refractivity (Wildman–Crippen MR) is 93.4 cm³/mol. The average Bonchev–Trinajstić information content (AvgIpc) is 2.62. The number of fused-ring (bicyclic) bond motifs is 1. The van der Waals surface area contributed by atoms with Gasteiger partial charge < -0.3 is 14.6 Å². The summed E-state index contributed by atoms with van der Waals surface area (Å²) in [5.41, 5.74) is -0.102. The van der Waals surface area contributed by atoms with E-state index in [0.29, 0.717) is 10.8 Å². The third-order valence-corrected chi connectivity index (χ3v) is 3.85. The van der Waals surface area contributed by atoms with Crippen LogP contribution in [0.15, 0.2) is 59.4 Å². The number of aromatic amines is 1. The maximum atomic E-state index is 13.5. The topological polar surface area (TPSA) is 62.4 Å². The molecule has 0 unspecified atom stereocenters. The fourth-order valence-corrected chi connectivity index (χ4v) is 2.49. The summed E-state index contributed by atoms with van der Waals surface area (Å²) in [6, 6.07) is 14.8. The fourth-order valence-electron chi connectivity index (χ4n) is 2.49. The van der Waals surface area contributed by atoms with Gasteiger partial charge in [-0.1, -0.05) is 30.3 Å². The van der Waals surface area contributed by atoms with Crippen LogP contribution < -0.4 is 10.3 Å². The molecule has 0 saturated heterocycles. The highest BCUT2D eigenvalue weighted by molar-refractivity contribution is 5.96. The monoisotopic (exact) mass is 340 g/mol. The minimum atomic E-state index is -0.449. The molecule has 3 aromatic rings. The van der Waals surface area contributed by atoms with E-state index in [-0.39, 0.29) is 36.1 Å². The summed E-state index contributed by atoms with van der Waals surface area (Å²) in [7, 11) is 1.60. The van der Waals surface area contributed by atoms with Crippen molar-refractivity contribution in [1.29, 1.82) is 0 Å². The van der Waals surface area contributed by atoms with Crippen molar-refractivity contribution < 1.29 is 13.9 Å². The van der Waals surface area contributed by atoms with Crippen molar-refractivity contribution in [2.45, 2.75) is 0 Å². The van der Waals surface area contributed by atoms with E-state index in [1.165, 1.54) is 17.0 Å². The molecule has 1 aromatic heterocycles. The number of nitrogens with zero attached hydrogens (tertiary/aromatic N) is 1. The number of amides is 1. The summed E-state index contributed by atoms with van der Waals surface area (Å²) < 4.78 is 18.8. The standard InChI is InChI=1S/C19H17FN2O3/c1-22(10-11-25-17-9-5-4-8-15(17)20)19(24)16-12-13-6-2-3-7-14(13)18(23)21-16/h2-9,12H,10-11H2,1H3,(H,21,23). The molecule has 1 heterocycles. The minimum absolute atomic E-state index is 0.140. The summed E-state index contributed by atoms with van der Waals surface area (Å²) in [6.07, 6.45) is 0. The maximum Gasteiger partial charge on any atom is 0.270 e. The molecule has 0 fully saturated rings. The van der Waals surface area contributed by atoms with Gasteiger partial charge in [-0.3, -0.25) is 9.59 Å². The molecule has 2 aromatic carbocycles. The van der Waals surface area contributed by atoms with Gasteiger partial charge in [0.25, 0.3) is 11.5 Å². The Morgan fingerprint density at radius 3 is 2.68 bits per heavy atom. The van der Waals surface area contributed by atoms with E-state index in [0.717, 1.165) is 0 Å². The van der Waals surface area contributed by atoms with E-state index in [4.69, 9.17) is 4.74 Å². The molecule has 0 radical (unpaired) electrons. The lowest BCUT2D eigenvalue weighted by atomic mass is 10.1. The van der Waals surface area contributed by atoms with Crippen molar-refractivity contribution in [1.82, 2.24) is 9.88 Å². The SMILES string of the molecule is CN(CCOc1ccccc1F)C(=O)c1cc2ccccc2c(=O)[nH]1. The Morgan fingerprint density at radius 2 is 1.88 bits per heavy atom. The number of rotatable bonds is 5. The van der Waals surface area contributed by atoms with Gasteiger partial charge in [0.15, 0.2) is 11.6 Å². The second-order valence-corrected chi connectivity index (χ2v) is 5.60. The first-order valence-electron chi connectivity index (χ1n) is 7.81. The smallest absolute Gasteiger partial charge is 0.270 e.